The first-order valence-electron chi connectivity index (χ1n) is 9.04. The molecule has 0 aliphatic carbocycles. The van der Waals surface area contributed by atoms with E-state index in [0.717, 1.165) is 6.20 Å². The number of aromatic amines is 1. The van der Waals surface area contributed by atoms with Crippen molar-refractivity contribution >= 4 is 29.3 Å². The van der Waals surface area contributed by atoms with Gasteiger partial charge in [0.15, 0.2) is 0 Å². The quantitative estimate of drug-likeness (QED) is 0.517. The van der Waals surface area contributed by atoms with Gasteiger partial charge in [-0.05, 0) is 25.8 Å². The molecule has 2 aromatic heterocycles. The van der Waals surface area contributed by atoms with Gasteiger partial charge in [-0.3, -0.25) is 0 Å². The molecule has 29 heavy (non-hydrogen) atoms. The van der Waals surface area contributed by atoms with E-state index in [-0.39, 0.29) is 29.9 Å². The molecule has 3 N–H and O–H groups in total. The maximum Gasteiger partial charge on any atom is 0.419 e. The maximum absolute atomic E-state index is 13.6. The van der Waals surface area contributed by atoms with Crippen LogP contribution in [0.4, 0.5) is 19.1 Å². The number of alkyl halides is 3. The minimum absolute atomic E-state index is 0.00365. The van der Waals surface area contributed by atoms with Gasteiger partial charge in [0.05, 0.1) is 23.9 Å². The molecule has 6 nitrogen and oxygen atoms in total. The van der Waals surface area contributed by atoms with E-state index in [0.29, 0.717) is 22.6 Å². The van der Waals surface area contributed by atoms with Gasteiger partial charge in [0, 0.05) is 28.6 Å². The molecule has 0 aliphatic heterocycles. The first-order valence-corrected chi connectivity index (χ1v) is 11.6. The number of fused-ring (bicyclic) bond motifs is 1. The molecule has 0 spiro atoms. The average Bonchev–Trinajstić information content (AvgIpc) is 3.08. The molecule has 2 heterocycles. The van der Waals surface area contributed by atoms with Crippen LogP contribution in [0.25, 0.3) is 22.2 Å². The van der Waals surface area contributed by atoms with Crippen molar-refractivity contribution in [3.63, 3.8) is 0 Å². The fourth-order valence-corrected chi connectivity index (χ4v) is 4.28. The van der Waals surface area contributed by atoms with Crippen LogP contribution >= 0.6 is 7.14 Å². The minimum Gasteiger partial charge on any atom is -0.394 e. The molecule has 0 saturated heterocycles. The van der Waals surface area contributed by atoms with Gasteiger partial charge in [-0.2, -0.15) is 13.2 Å². The summed E-state index contributed by atoms with van der Waals surface area (Å²) in [7, 11) is -2.65. The normalized spacial score (nSPS) is 13.6. The molecule has 0 amide bonds. The predicted molar refractivity (Wildman–Crippen MR) is 108 cm³/mol. The first kappa shape index (κ1) is 21.3. The number of nitrogens with one attached hydrogen (secondary N) is 2. The lowest BCUT2D eigenvalue weighted by Gasteiger charge is -2.17. The standard InChI is InChI=1S/C19H22F3N4O2P/c1-4-11(10-27)25-18-24-9-14(19(20,21)22)16(26-18)13-8-23-17-12(13)6-5-7-15(17)29(2,3)28/h5-9,11,23,27H,4,10H2,1-3H3,(H,24,25,26). The van der Waals surface area contributed by atoms with E-state index < -0.39 is 18.9 Å². The Bertz CT molecular complexity index is 1070. The second kappa shape index (κ2) is 7.80. The Kier molecular flexibility index (Phi) is 5.74. The zero-order chi connectivity index (χ0) is 21.4. The monoisotopic (exact) mass is 426 g/mol. The van der Waals surface area contributed by atoms with Crippen molar-refractivity contribution < 1.29 is 22.8 Å². The van der Waals surface area contributed by atoms with Crippen LogP contribution in [0, 0.1) is 0 Å². The molecule has 1 atom stereocenters. The van der Waals surface area contributed by atoms with E-state index in [4.69, 9.17) is 0 Å². The molecule has 0 bridgehead atoms. The van der Waals surface area contributed by atoms with Crippen molar-refractivity contribution in [2.75, 3.05) is 25.3 Å². The summed E-state index contributed by atoms with van der Waals surface area (Å²) in [6.45, 7) is 4.84. The SMILES string of the molecule is CCC(CO)Nc1ncc(C(F)(F)F)c(-c2c[nH]c3c(P(C)(C)=O)cccc23)n1. The second-order valence-corrected chi connectivity index (χ2v) is 10.3. The Hall–Kier alpha value is -2.38. The van der Waals surface area contributed by atoms with Crippen molar-refractivity contribution in [1.29, 1.82) is 0 Å². The number of para-hydroxylation sites is 1. The predicted octanol–water partition coefficient (Wildman–Crippen LogP) is 4.07. The van der Waals surface area contributed by atoms with Gasteiger partial charge in [0.25, 0.3) is 0 Å². The third kappa shape index (κ3) is 4.31. The van der Waals surface area contributed by atoms with Gasteiger partial charge in [-0.15, -0.1) is 0 Å². The van der Waals surface area contributed by atoms with E-state index in [1.807, 2.05) is 6.92 Å². The molecular weight excluding hydrogens is 404 g/mol. The highest BCUT2D eigenvalue weighted by molar-refractivity contribution is 7.70. The van der Waals surface area contributed by atoms with Crippen LogP contribution in [0.3, 0.4) is 0 Å². The van der Waals surface area contributed by atoms with Crippen molar-refractivity contribution in [3.8, 4) is 11.3 Å². The lowest BCUT2D eigenvalue weighted by Crippen LogP contribution is -2.24. The molecule has 3 rings (SSSR count). The van der Waals surface area contributed by atoms with Crippen LogP contribution in [0.2, 0.25) is 0 Å². The molecule has 156 valence electrons. The van der Waals surface area contributed by atoms with E-state index >= 15 is 0 Å². The van der Waals surface area contributed by atoms with E-state index in [1.54, 1.807) is 31.5 Å². The third-order valence-electron chi connectivity index (χ3n) is 4.67. The van der Waals surface area contributed by atoms with Gasteiger partial charge in [0.2, 0.25) is 5.95 Å². The highest BCUT2D eigenvalue weighted by atomic mass is 31.2. The van der Waals surface area contributed by atoms with E-state index in [1.165, 1.54) is 6.20 Å². The van der Waals surface area contributed by atoms with Crippen molar-refractivity contribution in [1.82, 2.24) is 15.0 Å². The molecule has 1 unspecified atom stereocenters. The smallest absolute Gasteiger partial charge is 0.394 e. The second-order valence-electron chi connectivity index (χ2n) is 7.14. The number of aliphatic hydroxyl groups excluding tert-OH is 1. The Balaban J connectivity index is 2.22. The number of H-pyrrole nitrogens is 1. The molecule has 10 heteroatoms. The van der Waals surface area contributed by atoms with Crippen LogP contribution < -0.4 is 10.6 Å². The Morgan fingerprint density at radius 2 is 2.03 bits per heavy atom. The van der Waals surface area contributed by atoms with Gasteiger partial charge in [-0.25, -0.2) is 9.97 Å². The lowest BCUT2D eigenvalue weighted by atomic mass is 10.1. The molecule has 0 radical (unpaired) electrons. The number of hydrogen-bond donors (Lipinski definition) is 3. The third-order valence-corrected chi connectivity index (χ3v) is 6.20. The molecule has 1 aromatic carbocycles. The number of halogens is 3. The zero-order valence-corrected chi connectivity index (χ0v) is 17.1. The number of aliphatic hydroxyl groups is 1. The topological polar surface area (TPSA) is 90.9 Å². The lowest BCUT2D eigenvalue weighted by molar-refractivity contribution is -0.137. The summed E-state index contributed by atoms with van der Waals surface area (Å²) in [6, 6.07) is 4.66. The summed E-state index contributed by atoms with van der Waals surface area (Å²) in [5.41, 5.74) is -0.486. The number of nitrogens with zero attached hydrogens (tertiary/aromatic N) is 2. The molecule has 0 fully saturated rings. The number of hydrogen-bond acceptors (Lipinski definition) is 5. The van der Waals surface area contributed by atoms with Crippen LogP contribution in [0.1, 0.15) is 18.9 Å². The summed E-state index contributed by atoms with van der Waals surface area (Å²) in [5.74, 6) is -0.00365. The highest BCUT2D eigenvalue weighted by Gasteiger charge is 2.36. The molecule has 0 saturated carbocycles. The highest BCUT2D eigenvalue weighted by Crippen LogP contribution is 2.41. The molecule has 0 aliphatic rings. The number of anilines is 1. The minimum atomic E-state index is -4.65. The molecular formula is C19H22F3N4O2P. The van der Waals surface area contributed by atoms with Gasteiger partial charge in [0.1, 0.15) is 12.7 Å². The first-order chi connectivity index (χ1) is 13.6. The number of aromatic nitrogens is 3. The fourth-order valence-electron chi connectivity index (χ4n) is 3.11. The Morgan fingerprint density at radius 1 is 1.31 bits per heavy atom. The molecule has 3 aromatic rings. The van der Waals surface area contributed by atoms with Gasteiger partial charge < -0.3 is 20.0 Å². The van der Waals surface area contributed by atoms with E-state index in [9.17, 15) is 22.8 Å². The van der Waals surface area contributed by atoms with Crippen molar-refractivity contribution in [3.05, 3.63) is 36.2 Å². The van der Waals surface area contributed by atoms with E-state index in [2.05, 4.69) is 20.3 Å². The van der Waals surface area contributed by atoms with Crippen LogP contribution in [-0.4, -0.2) is 46.0 Å². The van der Waals surface area contributed by atoms with Gasteiger partial charge >= 0.3 is 6.18 Å². The summed E-state index contributed by atoms with van der Waals surface area (Å²) in [5, 5.41) is 13.3. The van der Waals surface area contributed by atoms with Crippen molar-refractivity contribution in [2.24, 2.45) is 0 Å². The zero-order valence-electron chi connectivity index (χ0n) is 16.2. The Morgan fingerprint density at radius 3 is 2.62 bits per heavy atom. The number of benzene rings is 1. The Labute approximate surface area is 166 Å². The maximum atomic E-state index is 13.6. The fraction of sp³-hybridized carbons (Fsp3) is 0.368. The summed E-state index contributed by atoms with van der Waals surface area (Å²) in [4.78, 5) is 10.9. The summed E-state index contributed by atoms with van der Waals surface area (Å²) in [6.07, 6.45) is -1.92. The largest absolute Gasteiger partial charge is 0.419 e. The summed E-state index contributed by atoms with van der Waals surface area (Å²) >= 11 is 0. The van der Waals surface area contributed by atoms with Gasteiger partial charge in [-0.1, -0.05) is 19.1 Å². The van der Waals surface area contributed by atoms with Crippen LogP contribution in [0.5, 0.6) is 0 Å². The average molecular weight is 426 g/mol. The van der Waals surface area contributed by atoms with Crippen molar-refractivity contribution in [2.45, 2.75) is 25.6 Å². The summed E-state index contributed by atoms with van der Waals surface area (Å²) < 4.78 is 53.5. The van der Waals surface area contributed by atoms with Crippen LogP contribution in [0.15, 0.2) is 30.6 Å². The van der Waals surface area contributed by atoms with Crippen LogP contribution in [-0.2, 0) is 10.7 Å². The number of rotatable bonds is 6.